The molecule has 0 atom stereocenters. The van der Waals surface area contributed by atoms with Crippen molar-refractivity contribution in [1.29, 1.82) is 0 Å². The lowest BCUT2D eigenvalue weighted by Crippen LogP contribution is -2.32. The molecule has 1 N–H and O–H groups in total. The summed E-state index contributed by atoms with van der Waals surface area (Å²) >= 11 is 0. The Hall–Kier alpha value is -2.93. The molecule has 1 aliphatic rings. The third-order valence-corrected chi connectivity index (χ3v) is 5.33. The highest BCUT2D eigenvalue weighted by Crippen LogP contribution is 2.35. The third-order valence-electron chi connectivity index (χ3n) is 5.33. The Morgan fingerprint density at radius 3 is 2.38 bits per heavy atom. The summed E-state index contributed by atoms with van der Waals surface area (Å²) in [6, 6.07) is 10.5. The number of rotatable bonds is 2. The highest BCUT2D eigenvalue weighted by atomic mass is 35.5. The Bertz CT molecular complexity index is 1240. The van der Waals surface area contributed by atoms with Crippen LogP contribution >= 0.6 is 12.4 Å². The normalized spacial score (nSPS) is 14.3. The lowest BCUT2D eigenvalue weighted by atomic mass is 10.0. The van der Waals surface area contributed by atoms with Gasteiger partial charge in [0, 0.05) is 24.7 Å². The minimum atomic E-state index is -0.651. The molecule has 0 radical (unpaired) electrons. The van der Waals surface area contributed by atoms with Gasteiger partial charge in [-0.1, -0.05) is 18.2 Å². The summed E-state index contributed by atoms with van der Waals surface area (Å²) in [6.07, 6.45) is 3.28. The van der Waals surface area contributed by atoms with E-state index in [-0.39, 0.29) is 23.5 Å². The first kappa shape index (κ1) is 19.4. The van der Waals surface area contributed by atoms with Crippen LogP contribution in [-0.2, 0) is 0 Å². The summed E-state index contributed by atoms with van der Waals surface area (Å²) in [5.41, 5.74) is 1.00. The molecule has 1 aliphatic heterocycles. The molecule has 0 spiro atoms. The van der Waals surface area contributed by atoms with Crippen molar-refractivity contribution in [3.05, 3.63) is 64.5 Å². The van der Waals surface area contributed by atoms with E-state index in [0.29, 0.717) is 27.9 Å². The molecule has 2 aromatic carbocycles. The maximum atomic E-state index is 14.5. The minimum Gasteiger partial charge on any atom is -0.356 e. The number of aromatic amines is 1. The van der Waals surface area contributed by atoms with Crippen LogP contribution in [0, 0.1) is 11.6 Å². The number of nitrogens with zero attached hydrogens (tertiary/aromatic N) is 3. The third kappa shape index (κ3) is 3.15. The van der Waals surface area contributed by atoms with Gasteiger partial charge in [0.1, 0.15) is 23.1 Å². The molecule has 0 bridgehead atoms. The molecule has 4 aromatic rings. The Morgan fingerprint density at radius 2 is 1.66 bits per heavy atom. The molecule has 5 rings (SSSR count). The Morgan fingerprint density at radius 1 is 0.966 bits per heavy atom. The van der Waals surface area contributed by atoms with Crippen molar-refractivity contribution in [3.8, 4) is 11.1 Å². The number of hydrogen-bond acceptors (Lipinski definition) is 3. The Labute approximate surface area is 171 Å². The lowest BCUT2D eigenvalue weighted by molar-refractivity contribution is 0.568. The minimum absolute atomic E-state index is 0. The van der Waals surface area contributed by atoms with Crippen LogP contribution in [0.1, 0.15) is 19.3 Å². The topological polar surface area (TPSA) is 53.4 Å². The average Bonchev–Trinajstić information content (AvgIpc) is 3.07. The largest absolute Gasteiger partial charge is 0.356 e. The molecule has 1 fully saturated rings. The Kier molecular flexibility index (Phi) is 5.00. The molecule has 150 valence electrons. The number of H-pyrrole nitrogens is 1. The SMILES string of the molecule is Cl.O=c1cc(N2CCCCC2)n2nc3cccc(-c4c(F)cccc4F)c3c2[nH]1. The standard InChI is InChI=1S/C21H18F2N4O.ClH/c22-14-7-5-8-15(23)19(14)13-6-4-9-16-20(13)21-24-17(28)12-18(27(21)25-16)26-10-2-1-3-11-26;/h4-9,12H,1-3,10-11H2,(H,24,28);1H. The molecule has 29 heavy (non-hydrogen) atoms. The van der Waals surface area contributed by atoms with E-state index in [1.54, 1.807) is 22.7 Å². The highest BCUT2D eigenvalue weighted by Gasteiger charge is 2.21. The van der Waals surface area contributed by atoms with Crippen molar-refractivity contribution < 1.29 is 8.78 Å². The van der Waals surface area contributed by atoms with Crippen molar-refractivity contribution in [1.82, 2.24) is 14.6 Å². The molecule has 0 amide bonds. The maximum Gasteiger partial charge on any atom is 0.253 e. The summed E-state index contributed by atoms with van der Waals surface area (Å²) in [5, 5.41) is 5.17. The summed E-state index contributed by atoms with van der Waals surface area (Å²) < 4.78 is 30.6. The van der Waals surface area contributed by atoms with E-state index in [2.05, 4.69) is 15.0 Å². The van der Waals surface area contributed by atoms with Crippen LogP contribution in [0.5, 0.6) is 0 Å². The van der Waals surface area contributed by atoms with E-state index in [9.17, 15) is 13.6 Å². The smallest absolute Gasteiger partial charge is 0.253 e. The zero-order chi connectivity index (χ0) is 19.3. The van der Waals surface area contributed by atoms with Gasteiger partial charge < -0.3 is 9.88 Å². The van der Waals surface area contributed by atoms with Crippen molar-refractivity contribution in [2.45, 2.75) is 19.3 Å². The van der Waals surface area contributed by atoms with Crippen LogP contribution in [0.2, 0.25) is 0 Å². The van der Waals surface area contributed by atoms with Gasteiger partial charge in [-0.25, -0.2) is 8.78 Å². The van der Waals surface area contributed by atoms with Gasteiger partial charge in [0.25, 0.3) is 5.56 Å². The van der Waals surface area contributed by atoms with Crippen molar-refractivity contribution in [3.63, 3.8) is 0 Å². The molecular weight excluding hydrogens is 398 g/mol. The second-order valence-electron chi connectivity index (χ2n) is 7.10. The van der Waals surface area contributed by atoms with E-state index in [4.69, 9.17) is 0 Å². The van der Waals surface area contributed by atoms with E-state index in [1.165, 1.54) is 30.7 Å². The van der Waals surface area contributed by atoms with E-state index in [0.717, 1.165) is 25.9 Å². The van der Waals surface area contributed by atoms with Crippen molar-refractivity contribution >= 4 is 34.8 Å². The molecular formula is C21H19ClF2N4O. The average molecular weight is 417 g/mol. The van der Waals surface area contributed by atoms with Crippen LogP contribution < -0.4 is 10.5 Å². The number of hydrogen-bond donors (Lipinski definition) is 1. The van der Waals surface area contributed by atoms with Gasteiger partial charge in [-0.05, 0) is 37.5 Å². The molecule has 0 unspecified atom stereocenters. The number of halogens is 3. The Balaban J connectivity index is 0.00000205. The summed E-state index contributed by atoms with van der Waals surface area (Å²) in [5.74, 6) is -0.600. The summed E-state index contributed by atoms with van der Waals surface area (Å²) in [6.45, 7) is 1.70. The highest BCUT2D eigenvalue weighted by molar-refractivity contribution is 6.04. The molecule has 2 aromatic heterocycles. The number of fused-ring (bicyclic) bond motifs is 3. The molecule has 1 saturated heterocycles. The fourth-order valence-corrected chi connectivity index (χ4v) is 4.06. The summed E-state index contributed by atoms with van der Waals surface area (Å²) in [7, 11) is 0. The molecule has 0 saturated carbocycles. The molecule has 0 aliphatic carbocycles. The first-order valence-corrected chi connectivity index (χ1v) is 9.37. The fourth-order valence-electron chi connectivity index (χ4n) is 4.06. The number of piperidine rings is 1. The van der Waals surface area contributed by atoms with E-state index >= 15 is 0 Å². The fraction of sp³-hybridized carbons (Fsp3) is 0.238. The van der Waals surface area contributed by atoms with Gasteiger partial charge >= 0.3 is 0 Å². The molecule has 3 heterocycles. The second kappa shape index (κ2) is 7.48. The first-order valence-electron chi connectivity index (χ1n) is 9.37. The lowest BCUT2D eigenvalue weighted by Gasteiger charge is -2.28. The van der Waals surface area contributed by atoms with Crippen molar-refractivity contribution in [2.24, 2.45) is 0 Å². The first-order chi connectivity index (χ1) is 13.6. The summed E-state index contributed by atoms with van der Waals surface area (Å²) in [4.78, 5) is 17.4. The van der Waals surface area contributed by atoms with Gasteiger partial charge in [0.15, 0.2) is 0 Å². The predicted molar refractivity (Wildman–Crippen MR) is 112 cm³/mol. The van der Waals surface area contributed by atoms with Gasteiger partial charge in [0.05, 0.1) is 16.5 Å². The quantitative estimate of drug-likeness (QED) is 0.522. The molecule has 5 nitrogen and oxygen atoms in total. The number of nitrogens with one attached hydrogen (secondary N) is 1. The predicted octanol–water partition coefficient (Wildman–Crippen LogP) is 4.53. The number of aromatic nitrogens is 3. The van der Waals surface area contributed by atoms with Crippen LogP contribution in [-0.4, -0.2) is 27.7 Å². The second-order valence-corrected chi connectivity index (χ2v) is 7.10. The van der Waals surface area contributed by atoms with Gasteiger partial charge in [-0.3, -0.25) is 4.79 Å². The van der Waals surface area contributed by atoms with Crippen LogP contribution in [0.3, 0.4) is 0 Å². The number of anilines is 1. The zero-order valence-electron chi connectivity index (χ0n) is 15.5. The van der Waals surface area contributed by atoms with E-state index in [1.807, 2.05) is 0 Å². The van der Waals surface area contributed by atoms with Gasteiger partial charge in [-0.15, -0.1) is 12.4 Å². The van der Waals surface area contributed by atoms with Crippen molar-refractivity contribution in [2.75, 3.05) is 18.0 Å². The van der Waals surface area contributed by atoms with Crippen LogP contribution in [0.4, 0.5) is 14.6 Å². The monoisotopic (exact) mass is 416 g/mol. The van der Waals surface area contributed by atoms with Crippen LogP contribution in [0.15, 0.2) is 47.3 Å². The zero-order valence-corrected chi connectivity index (χ0v) is 16.3. The number of benzene rings is 2. The van der Waals surface area contributed by atoms with E-state index < -0.39 is 11.6 Å². The van der Waals surface area contributed by atoms with Crippen LogP contribution in [0.25, 0.3) is 27.7 Å². The molecule has 8 heteroatoms. The van der Waals surface area contributed by atoms with Gasteiger partial charge in [-0.2, -0.15) is 9.61 Å². The maximum absolute atomic E-state index is 14.5. The van der Waals surface area contributed by atoms with Gasteiger partial charge in [0.2, 0.25) is 0 Å².